The van der Waals surface area contributed by atoms with Crippen LogP contribution in [0.5, 0.6) is 0 Å². The van der Waals surface area contributed by atoms with Crippen LogP contribution in [0, 0.1) is 13.8 Å². The molecule has 7 nitrogen and oxygen atoms in total. The fraction of sp³-hybridized carbons (Fsp3) is 0.381. The molecule has 1 aromatic heterocycles. The summed E-state index contributed by atoms with van der Waals surface area (Å²) >= 11 is 0. The van der Waals surface area contributed by atoms with Crippen molar-refractivity contribution in [2.45, 2.75) is 33.7 Å². The molecule has 0 fully saturated rings. The summed E-state index contributed by atoms with van der Waals surface area (Å²) in [6.07, 6.45) is 0. The maximum absolute atomic E-state index is 12.3. The molecule has 28 heavy (non-hydrogen) atoms. The summed E-state index contributed by atoms with van der Waals surface area (Å²) in [5.41, 5.74) is 3.30. The van der Waals surface area contributed by atoms with E-state index in [-0.39, 0.29) is 18.6 Å². The van der Waals surface area contributed by atoms with Gasteiger partial charge in [0.2, 0.25) is 0 Å². The van der Waals surface area contributed by atoms with E-state index in [2.05, 4.69) is 5.32 Å². The molecule has 7 heteroatoms. The zero-order chi connectivity index (χ0) is 21.0. The highest BCUT2D eigenvalue weighted by Crippen LogP contribution is 2.20. The van der Waals surface area contributed by atoms with Crippen molar-refractivity contribution in [2.75, 3.05) is 26.0 Å². The molecule has 0 unspecified atom stereocenters. The summed E-state index contributed by atoms with van der Waals surface area (Å²) in [5.74, 6) is -1.09. The van der Waals surface area contributed by atoms with E-state index in [1.165, 1.54) is 4.90 Å². The van der Waals surface area contributed by atoms with Crippen LogP contribution in [0.25, 0.3) is 0 Å². The summed E-state index contributed by atoms with van der Waals surface area (Å²) in [6, 6.07) is 8.53. The van der Waals surface area contributed by atoms with Crippen molar-refractivity contribution in [3.8, 4) is 0 Å². The van der Waals surface area contributed by atoms with E-state index in [0.717, 1.165) is 11.4 Å². The van der Waals surface area contributed by atoms with Gasteiger partial charge in [-0.1, -0.05) is 0 Å². The van der Waals surface area contributed by atoms with Gasteiger partial charge in [0, 0.05) is 42.8 Å². The standard InChI is InChI=1S/C21H27N3O4/c1-13(2)24-14(3)11-18(15(24)4)21(27)28-12-19(25)22-17-9-7-16(8-10-17)20(26)23(5)6/h7-11,13H,12H2,1-6H3,(H,22,25). The molecular weight excluding hydrogens is 358 g/mol. The normalized spacial score (nSPS) is 10.7. The van der Waals surface area contributed by atoms with E-state index in [9.17, 15) is 14.4 Å². The van der Waals surface area contributed by atoms with Crippen molar-refractivity contribution in [2.24, 2.45) is 0 Å². The van der Waals surface area contributed by atoms with Gasteiger partial charge in [-0.15, -0.1) is 0 Å². The third-order valence-corrected chi connectivity index (χ3v) is 4.38. The van der Waals surface area contributed by atoms with Crippen LogP contribution in [0.15, 0.2) is 30.3 Å². The number of aryl methyl sites for hydroxylation is 1. The SMILES string of the molecule is Cc1cc(C(=O)OCC(=O)Nc2ccc(C(=O)N(C)C)cc2)c(C)n1C(C)C. The zero-order valence-corrected chi connectivity index (χ0v) is 17.2. The van der Waals surface area contributed by atoms with Crippen molar-refractivity contribution in [1.82, 2.24) is 9.47 Å². The van der Waals surface area contributed by atoms with Gasteiger partial charge in [-0.3, -0.25) is 9.59 Å². The molecule has 0 aliphatic carbocycles. The number of rotatable bonds is 6. The predicted octanol–water partition coefficient (Wildman–Crippen LogP) is 3.18. The predicted molar refractivity (Wildman–Crippen MR) is 108 cm³/mol. The monoisotopic (exact) mass is 385 g/mol. The molecule has 0 saturated heterocycles. The number of carbonyl (C=O) groups excluding carboxylic acids is 3. The highest BCUT2D eigenvalue weighted by molar-refractivity contribution is 5.97. The van der Waals surface area contributed by atoms with Gasteiger partial charge in [-0.25, -0.2) is 4.79 Å². The molecule has 2 amide bonds. The number of nitrogens with zero attached hydrogens (tertiary/aromatic N) is 2. The van der Waals surface area contributed by atoms with Crippen molar-refractivity contribution in [3.05, 3.63) is 52.8 Å². The third-order valence-electron chi connectivity index (χ3n) is 4.38. The van der Waals surface area contributed by atoms with Crippen LogP contribution in [0.1, 0.15) is 52.0 Å². The first-order chi connectivity index (χ1) is 13.1. The van der Waals surface area contributed by atoms with Gasteiger partial charge in [0.1, 0.15) is 0 Å². The number of benzene rings is 1. The van der Waals surface area contributed by atoms with Crippen LogP contribution in [0.3, 0.4) is 0 Å². The summed E-state index contributed by atoms with van der Waals surface area (Å²) < 4.78 is 7.21. The highest BCUT2D eigenvalue weighted by atomic mass is 16.5. The second-order valence-corrected chi connectivity index (χ2v) is 7.15. The Balaban J connectivity index is 1.95. The van der Waals surface area contributed by atoms with Crippen molar-refractivity contribution >= 4 is 23.5 Å². The first kappa shape index (κ1) is 21.2. The lowest BCUT2D eigenvalue weighted by atomic mass is 10.2. The topological polar surface area (TPSA) is 80.6 Å². The molecule has 1 aromatic carbocycles. The maximum atomic E-state index is 12.3. The first-order valence-corrected chi connectivity index (χ1v) is 9.09. The van der Waals surface area contributed by atoms with E-state index >= 15 is 0 Å². The number of amides is 2. The molecule has 0 aliphatic rings. The summed E-state index contributed by atoms with van der Waals surface area (Å²) in [4.78, 5) is 37.7. The number of esters is 1. The molecule has 0 spiro atoms. The van der Waals surface area contributed by atoms with E-state index in [0.29, 0.717) is 16.8 Å². The fourth-order valence-electron chi connectivity index (χ4n) is 3.14. The molecule has 1 heterocycles. The highest BCUT2D eigenvalue weighted by Gasteiger charge is 2.19. The Morgan fingerprint density at radius 3 is 2.21 bits per heavy atom. The van der Waals surface area contributed by atoms with Gasteiger partial charge in [-0.2, -0.15) is 0 Å². The van der Waals surface area contributed by atoms with Crippen molar-refractivity contribution < 1.29 is 19.1 Å². The number of ether oxygens (including phenoxy) is 1. The van der Waals surface area contributed by atoms with Crippen LogP contribution < -0.4 is 5.32 Å². The summed E-state index contributed by atoms with van der Waals surface area (Å²) in [6.45, 7) is 7.49. The number of aromatic nitrogens is 1. The summed E-state index contributed by atoms with van der Waals surface area (Å²) in [7, 11) is 3.34. The van der Waals surface area contributed by atoms with Gasteiger partial charge in [0.25, 0.3) is 11.8 Å². The lowest BCUT2D eigenvalue weighted by Crippen LogP contribution is -2.22. The molecule has 2 aromatic rings. The fourth-order valence-corrected chi connectivity index (χ4v) is 3.14. The lowest BCUT2D eigenvalue weighted by Gasteiger charge is -2.13. The molecule has 2 rings (SSSR count). The number of anilines is 1. The van der Waals surface area contributed by atoms with E-state index < -0.39 is 11.9 Å². The number of carbonyl (C=O) groups is 3. The Morgan fingerprint density at radius 2 is 1.71 bits per heavy atom. The molecule has 150 valence electrons. The Hall–Kier alpha value is -3.09. The van der Waals surface area contributed by atoms with Crippen LogP contribution >= 0.6 is 0 Å². The molecule has 0 aliphatic heterocycles. The molecule has 0 saturated carbocycles. The van der Waals surface area contributed by atoms with Crippen LogP contribution in [0.4, 0.5) is 5.69 Å². The average molecular weight is 385 g/mol. The van der Waals surface area contributed by atoms with Crippen LogP contribution in [-0.4, -0.2) is 48.0 Å². The Labute approximate surface area is 165 Å². The molecule has 0 atom stereocenters. The number of hydrogen-bond donors (Lipinski definition) is 1. The second-order valence-electron chi connectivity index (χ2n) is 7.15. The molecular formula is C21H27N3O4. The minimum Gasteiger partial charge on any atom is -0.452 e. The molecule has 0 radical (unpaired) electrons. The van der Waals surface area contributed by atoms with Gasteiger partial charge in [0.05, 0.1) is 5.56 Å². The minimum absolute atomic E-state index is 0.120. The maximum Gasteiger partial charge on any atom is 0.340 e. The van der Waals surface area contributed by atoms with Gasteiger partial charge in [-0.05, 0) is 58.0 Å². The quantitative estimate of drug-likeness (QED) is 0.775. The smallest absolute Gasteiger partial charge is 0.340 e. The number of hydrogen-bond acceptors (Lipinski definition) is 4. The van der Waals surface area contributed by atoms with Crippen LogP contribution in [-0.2, 0) is 9.53 Å². The van der Waals surface area contributed by atoms with Crippen molar-refractivity contribution in [3.63, 3.8) is 0 Å². The van der Waals surface area contributed by atoms with Crippen LogP contribution in [0.2, 0.25) is 0 Å². The zero-order valence-electron chi connectivity index (χ0n) is 17.2. The van der Waals surface area contributed by atoms with E-state index in [4.69, 9.17) is 4.74 Å². The molecule has 1 N–H and O–H groups in total. The Kier molecular flexibility index (Phi) is 6.62. The van der Waals surface area contributed by atoms with E-state index in [1.54, 1.807) is 44.4 Å². The van der Waals surface area contributed by atoms with E-state index in [1.807, 2.05) is 32.3 Å². The second kappa shape index (κ2) is 8.73. The Morgan fingerprint density at radius 1 is 1.11 bits per heavy atom. The lowest BCUT2D eigenvalue weighted by molar-refractivity contribution is -0.119. The van der Waals surface area contributed by atoms with Gasteiger partial charge >= 0.3 is 5.97 Å². The van der Waals surface area contributed by atoms with Crippen molar-refractivity contribution in [1.29, 1.82) is 0 Å². The third kappa shape index (κ3) is 4.79. The first-order valence-electron chi connectivity index (χ1n) is 9.09. The minimum atomic E-state index is -0.526. The summed E-state index contributed by atoms with van der Waals surface area (Å²) in [5, 5.41) is 2.65. The number of nitrogens with one attached hydrogen (secondary N) is 1. The Bertz CT molecular complexity index is 880. The van der Waals surface area contributed by atoms with Gasteiger partial charge in [0.15, 0.2) is 6.61 Å². The average Bonchev–Trinajstić information content (AvgIpc) is 2.94. The van der Waals surface area contributed by atoms with Gasteiger partial charge < -0.3 is 19.5 Å². The largest absolute Gasteiger partial charge is 0.452 e. The molecule has 0 bridgehead atoms.